The van der Waals surface area contributed by atoms with Crippen LogP contribution in [0, 0.1) is 21.4 Å². The summed E-state index contributed by atoms with van der Waals surface area (Å²) in [4.78, 5) is 24.3. The molecule has 1 saturated heterocycles. The smallest absolute Gasteiger partial charge is 0.410 e. The van der Waals surface area contributed by atoms with E-state index in [9.17, 15) is 14.9 Å². The minimum Gasteiger partial charge on any atom is -0.444 e. The van der Waals surface area contributed by atoms with Crippen molar-refractivity contribution in [1.82, 2.24) is 4.90 Å². The lowest BCUT2D eigenvalue weighted by Gasteiger charge is -2.24. The van der Waals surface area contributed by atoms with Crippen LogP contribution in [0.15, 0.2) is 18.2 Å². The number of hydrogen-bond acceptors (Lipinski definition) is 6. The Morgan fingerprint density at radius 1 is 1.50 bits per heavy atom. The van der Waals surface area contributed by atoms with Gasteiger partial charge in [-0.25, -0.2) is 4.79 Å². The summed E-state index contributed by atoms with van der Waals surface area (Å²) in [7, 11) is 0. The van der Waals surface area contributed by atoms with Gasteiger partial charge >= 0.3 is 6.09 Å². The molecule has 1 N–H and O–H groups in total. The fourth-order valence-electron chi connectivity index (χ4n) is 2.46. The second-order valence-corrected chi connectivity index (χ2v) is 6.66. The highest BCUT2D eigenvalue weighted by Crippen LogP contribution is 2.28. The first-order valence-corrected chi connectivity index (χ1v) is 7.62. The number of likely N-dealkylation sites (tertiary alicyclic amines) is 1. The number of hydrogen-bond donors (Lipinski definition) is 1. The van der Waals surface area contributed by atoms with Gasteiger partial charge in [-0.05, 0) is 39.3 Å². The third-order valence-corrected chi connectivity index (χ3v) is 3.52. The number of nitro groups is 1. The van der Waals surface area contributed by atoms with Gasteiger partial charge in [-0.2, -0.15) is 5.26 Å². The van der Waals surface area contributed by atoms with Crippen LogP contribution >= 0.6 is 0 Å². The molecule has 8 heteroatoms. The Kier molecular flexibility index (Phi) is 4.93. The normalized spacial score (nSPS) is 17.2. The van der Waals surface area contributed by atoms with Crippen molar-refractivity contribution in [2.45, 2.75) is 38.8 Å². The van der Waals surface area contributed by atoms with Gasteiger partial charge in [-0.3, -0.25) is 10.1 Å². The summed E-state index contributed by atoms with van der Waals surface area (Å²) in [5.74, 6) is 0. The Bertz CT molecular complexity index is 690. The highest BCUT2D eigenvalue weighted by Gasteiger charge is 2.30. The molecule has 24 heavy (non-hydrogen) atoms. The van der Waals surface area contributed by atoms with Crippen molar-refractivity contribution < 1.29 is 14.5 Å². The van der Waals surface area contributed by atoms with Gasteiger partial charge in [-0.1, -0.05) is 0 Å². The van der Waals surface area contributed by atoms with E-state index in [4.69, 9.17) is 10.00 Å². The van der Waals surface area contributed by atoms with Crippen LogP contribution in [0.3, 0.4) is 0 Å². The van der Waals surface area contributed by atoms with E-state index in [1.807, 2.05) is 6.07 Å². The maximum absolute atomic E-state index is 12.0. The summed E-state index contributed by atoms with van der Waals surface area (Å²) in [6.07, 6.45) is 0.275. The molecule has 8 nitrogen and oxygen atoms in total. The zero-order valence-corrected chi connectivity index (χ0v) is 13.9. The molecule has 0 bridgehead atoms. The largest absolute Gasteiger partial charge is 0.444 e. The van der Waals surface area contributed by atoms with Crippen LogP contribution < -0.4 is 5.32 Å². The number of anilines is 1. The molecule has 1 heterocycles. The minimum absolute atomic E-state index is 0.107. The van der Waals surface area contributed by atoms with Crippen molar-refractivity contribution in [3.8, 4) is 6.07 Å². The molecule has 0 saturated carbocycles. The zero-order valence-electron chi connectivity index (χ0n) is 13.9. The average Bonchev–Trinajstić information content (AvgIpc) is 2.94. The molecule has 0 aliphatic carbocycles. The fourth-order valence-corrected chi connectivity index (χ4v) is 2.46. The minimum atomic E-state index is -0.561. The first-order chi connectivity index (χ1) is 11.2. The molecule has 1 atom stereocenters. The van der Waals surface area contributed by atoms with Crippen LogP contribution in [0.1, 0.15) is 32.8 Å². The van der Waals surface area contributed by atoms with E-state index in [-0.39, 0.29) is 23.4 Å². The van der Waals surface area contributed by atoms with E-state index in [0.717, 1.165) is 0 Å². The van der Waals surface area contributed by atoms with Gasteiger partial charge in [0.15, 0.2) is 0 Å². The van der Waals surface area contributed by atoms with E-state index in [2.05, 4.69) is 5.32 Å². The maximum Gasteiger partial charge on any atom is 0.410 e. The lowest BCUT2D eigenvalue weighted by Crippen LogP contribution is -2.36. The lowest BCUT2D eigenvalue weighted by molar-refractivity contribution is -0.384. The summed E-state index contributed by atoms with van der Waals surface area (Å²) in [5.41, 5.74) is -0.136. The summed E-state index contributed by atoms with van der Waals surface area (Å²) >= 11 is 0. The monoisotopic (exact) mass is 332 g/mol. The van der Waals surface area contributed by atoms with Gasteiger partial charge in [0.05, 0.1) is 16.6 Å². The Morgan fingerprint density at radius 3 is 2.79 bits per heavy atom. The average molecular weight is 332 g/mol. The molecule has 0 aromatic heterocycles. The van der Waals surface area contributed by atoms with Gasteiger partial charge in [0.25, 0.3) is 5.69 Å². The Hall–Kier alpha value is -2.82. The van der Waals surface area contributed by atoms with Crippen molar-refractivity contribution in [2.75, 3.05) is 18.4 Å². The fraction of sp³-hybridized carbons (Fsp3) is 0.500. The van der Waals surface area contributed by atoms with Crippen molar-refractivity contribution in [1.29, 1.82) is 5.26 Å². The first-order valence-electron chi connectivity index (χ1n) is 7.62. The molecular formula is C16H20N4O4. The van der Waals surface area contributed by atoms with Crippen LogP contribution in [-0.4, -0.2) is 40.6 Å². The SMILES string of the molecule is CC(C)(C)OC(=O)N1CCC(Nc2ccc(C#N)cc2[N+](=O)[O-])C1. The number of nitriles is 1. The van der Waals surface area contributed by atoms with Crippen LogP contribution in [-0.2, 0) is 4.74 Å². The van der Waals surface area contributed by atoms with E-state index in [1.165, 1.54) is 18.2 Å². The molecular weight excluding hydrogens is 312 g/mol. The Labute approximate surface area is 140 Å². The van der Waals surface area contributed by atoms with Crippen LogP contribution in [0.5, 0.6) is 0 Å². The molecule has 0 radical (unpaired) electrons. The number of rotatable bonds is 3. The quantitative estimate of drug-likeness (QED) is 0.673. The summed E-state index contributed by atoms with van der Waals surface area (Å²) < 4.78 is 5.33. The topological polar surface area (TPSA) is 108 Å². The number of benzene rings is 1. The highest BCUT2D eigenvalue weighted by molar-refractivity contribution is 5.69. The molecule has 1 aromatic carbocycles. The Morgan fingerprint density at radius 2 is 2.21 bits per heavy atom. The summed E-state index contributed by atoms with van der Waals surface area (Å²) in [5, 5.41) is 23.1. The molecule has 1 fully saturated rings. The van der Waals surface area contributed by atoms with E-state index >= 15 is 0 Å². The van der Waals surface area contributed by atoms with Crippen LogP contribution in [0.2, 0.25) is 0 Å². The van der Waals surface area contributed by atoms with E-state index in [0.29, 0.717) is 25.2 Å². The molecule has 1 aliphatic rings. The zero-order chi connectivity index (χ0) is 17.9. The predicted molar refractivity (Wildman–Crippen MR) is 87.6 cm³/mol. The van der Waals surface area contributed by atoms with Gasteiger partial charge in [-0.15, -0.1) is 0 Å². The van der Waals surface area contributed by atoms with Gasteiger partial charge in [0, 0.05) is 25.2 Å². The lowest BCUT2D eigenvalue weighted by atomic mass is 10.1. The molecule has 1 aromatic rings. The number of nitrogens with one attached hydrogen (secondary N) is 1. The third kappa shape index (κ3) is 4.35. The molecule has 1 aliphatic heterocycles. The van der Waals surface area contributed by atoms with Crippen molar-refractivity contribution >= 4 is 17.5 Å². The summed E-state index contributed by atoms with van der Waals surface area (Å²) in [6.45, 7) is 6.34. The van der Waals surface area contributed by atoms with Gasteiger partial charge < -0.3 is 15.0 Å². The highest BCUT2D eigenvalue weighted by atomic mass is 16.6. The number of nitro benzene ring substituents is 1. The van der Waals surface area contributed by atoms with E-state index < -0.39 is 10.5 Å². The molecule has 2 rings (SSSR count). The van der Waals surface area contributed by atoms with Crippen molar-refractivity contribution in [2.24, 2.45) is 0 Å². The summed E-state index contributed by atoms with van der Waals surface area (Å²) in [6, 6.07) is 6.06. The predicted octanol–water partition coefficient (Wildman–Crippen LogP) is 2.89. The Balaban J connectivity index is 2.05. The number of ether oxygens (including phenoxy) is 1. The first kappa shape index (κ1) is 17.5. The molecule has 1 unspecified atom stereocenters. The molecule has 1 amide bonds. The number of amides is 1. The number of carbonyl (C=O) groups is 1. The molecule has 0 spiro atoms. The third-order valence-electron chi connectivity index (χ3n) is 3.52. The van der Waals surface area contributed by atoms with Gasteiger partial charge in [0.1, 0.15) is 11.3 Å². The molecule has 128 valence electrons. The second kappa shape index (κ2) is 6.74. The standard InChI is InChI=1S/C16H20N4O4/c1-16(2,3)24-15(21)19-7-6-12(10-19)18-13-5-4-11(9-17)8-14(13)20(22)23/h4-5,8,12,18H,6-7,10H2,1-3H3. The van der Waals surface area contributed by atoms with Crippen LogP contribution in [0.4, 0.5) is 16.2 Å². The number of carbonyl (C=O) groups excluding carboxylic acids is 1. The van der Waals surface area contributed by atoms with E-state index in [1.54, 1.807) is 25.7 Å². The second-order valence-electron chi connectivity index (χ2n) is 6.66. The van der Waals surface area contributed by atoms with Crippen molar-refractivity contribution in [3.05, 3.63) is 33.9 Å². The maximum atomic E-state index is 12.0. The van der Waals surface area contributed by atoms with Gasteiger partial charge in [0.2, 0.25) is 0 Å². The van der Waals surface area contributed by atoms with Crippen LogP contribution in [0.25, 0.3) is 0 Å². The number of nitrogens with zero attached hydrogens (tertiary/aromatic N) is 3. The van der Waals surface area contributed by atoms with Crippen molar-refractivity contribution in [3.63, 3.8) is 0 Å².